The Morgan fingerprint density at radius 2 is 1.57 bits per heavy atom. The molecule has 46 heavy (non-hydrogen) atoms. The van der Waals surface area contributed by atoms with E-state index in [1.165, 1.54) is 37.0 Å². The fourth-order valence-corrected chi connectivity index (χ4v) is 5.84. The van der Waals surface area contributed by atoms with E-state index in [2.05, 4.69) is 28.2 Å². The van der Waals surface area contributed by atoms with Crippen molar-refractivity contribution < 1.29 is 28.6 Å². The number of ether oxygens (including phenoxy) is 3. The van der Waals surface area contributed by atoms with E-state index < -0.39 is 11.5 Å². The number of nitrogens with one attached hydrogen (secondary N) is 2. The summed E-state index contributed by atoms with van der Waals surface area (Å²) in [6.45, 7) is 12.5. The molecule has 1 heterocycles. The average molecular weight is 643 g/mol. The predicted octanol–water partition coefficient (Wildman–Crippen LogP) is 5.18. The van der Waals surface area contributed by atoms with Crippen LogP contribution in [0.1, 0.15) is 89.4 Å². The number of hydrogen-bond donors (Lipinski definition) is 2. The van der Waals surface area contributed by atoms with Crippen LogP contribution in [0.15, 0.2) is 30.5 Å². The number of nitrogens with zero attached hydrogens (tertiary/aromatic N) is 2. The van der Waals surface area contributed by atoms with Gasteiger partial charge in [-0.3, -0.25) is 14.4 Å². The summed E-state index contributed by atoms with van der Waals surface area (Å²) >= 11 is 0. The van der Waals surface area contributed by atoms with Crippen LogP contribution in [-0.2, 0) is 30.3 Å². The van der Waals surface area contributed by atoms with Gasteiger partial charge in [0.2, 0.25) is 11.8 Å². The molecule has 1 fully saturated rings. The Hall–Kier alpha value is -2.95. The molecule has 0 aliphatic heterocycles. The molecule has 3 amide bonds. The number of hydrogen-bond acceptors (Lipinski definition) is 6. The Bertz CT molecular complexity index is 1220. The molecule has 3 rings (SSSR count). The number of fused-ring (bicyclic) bond motifs is 1. The van der Waals surface area contributed by atoms with Crippen molar-refractivity contribution in [1.29, 1.82) is 0 Å². The Morgan fingerprint density at radius 3 is 2.22 bits per heavy atom. The summed E-state index contributed by atoms with van der Waals surface area (Å²) in [5.74, 6) is -0.231. The molecule has 1 aromatic heterocycles. The maximum Gasteiger partial charge on any atom is 0.254 e. The zero-order valence-electron chi connectivity index (χ0n) is 28.9. The fraction of sp³-hybridized carbons (Fsp3) is 0.694. The predicted molar refractivity (Wildman–Crippen MR) is 182 cm³/mol. The number of para-hydroxylation sites is 1. The van der Waals surface area contributed by atoms with Crippen molar-refractivity contribution >= 4 is 28.6 Å². The molecule has 0 saturated heterocycles. The summed E-state index contributed by atoms with van der Waals surface area (Å²) in [6.07, 6.45) is 11.0. The van der Waals surface area contributed by atoms with Crippen LogP contribution in [-0.4, -0.2) is 93.0 Å². The molecule has 1 aliphatic carbocycles. The Morgan fingerprint density at radius 1 is 0.935 bits per heavy atom. The summed E-state index contributed by atoms with van der Waals surface area (Å²) in [5, 5.41) is 6.76. The van der Waals surface area contributed by atoms with E-state index in [0.29, 0.717) is 57.5 Å². The van der Waals surface area contributed by atoms with Crippen molar-refractivity contribution in [3.05, 3.63) is 36.0 Å². The van der Waals surface area contributed by atoms with E-state index in [9.17, 15) is 14.4 Å². The first kappa shape index (κ1) is 37.5. The van der Waals surface area contributed by atoms with Gasteiger partial charge >= 0.3 is 0 Å². The number of amides is 3. The van der Waals surface area contributed by atoms with Crippen LogP contribution in [0, 0.1) is 11.3 Å². The van der Waals surface area contributed by atoms with E-state index in [-0.39, 0.29) is 24.3 Å². The summed E-state index contributed by atoms with van der Waals surface area (Å²) in [6, 6.07) is 7.16. The lowest BCUT2D eigenvalue weighted by molar-refractivity contribution is -0.138. The summed E-state index contributed by atoms with van der Waals surface area (Å²) in [7, 11) is 1.60. The topological polar surface area (TPSA) is 111 Å². The van der Waals surface area contributed by atoms with Gasteiger partial charge in [-0.05, 0) is 43.1 Å². The Labute approximate surface area is 275 Å². The minimum absolute atomic E-state index is 0.100. The lowest BCUT2D eigenvalue weighted by Gasteiger charge is -2.33. The van der Waals surface area contributed by atoms with Gasteiger partial charge < -0.3 is 34.3 Å². The van der Waals surface area contributed by atoms with Crippen molar-refractivity contribution in [2.45, 2.75) is 91.6 Å². The molecule has 1 aliphatic rings. The first-order valence-electron chi connectivity index (χ1n) is 17.3. The molecule has 258 valence electrons. The van der Waals surface area contributed by atoms with E-state index in [4.69, 9.17) is 14.2 Å². The zero-order chi connectivity index (χ0) is 33.4. The molecule has 0 spiro atoms. The van der Waals surface area contributed by atoms with Crippen LogP contribution in [0.5, 0.6) is 0 Å². The monoisotopic (exact) mass is 642 g/mol. The van der Waals surface area contributed by atoms with Crippen molar-refractivity contribution in [3.8, 4) is 0 Å². The van der Waals surface area contributed by atoms with Gasteiger partial charge in [-0.1, -0.05) is 71.6 Å². The minimum Gasteiger partial charge on any atom is -0.379 e. The highest BCUT2D eigenvalue weighted by atomic mass is 16.5. The van der Waals surface area contributed by atoms with Crippen molar-refractivity contribution in [3.63, 3.8) is 0 Å². The van der Waals surface area contributed by atoms with Crippen molar-refractivity contribution in [1.82, 2.24) is 20.1 Å². The smallest absolute Gasteiger partial charge is 0.254 e. The van der Waals surface area contributed by atoms with Gasteiger partial charge in [0.05, 0.1) is 38.5 Å². The number of carbonyl (C=O) groups excluding carboxylic acids is 3. The average Bonchev–Trinajstić information content (AvgIpc) is 3.40. The molecule has 1 aromatic carbocycles. The number of rotatable bonds is 20. The van der Waals surface area contributed by atoms with Gasteiger partial charge in [0.1, 0.15) is 6.04 Å². The van der Waals surface area contributed by atoms with E-state index in [1.807, 2.05) is 45.2 Å². The lowest BCUT2D eigenvalue weighted by Crippen LogP contribution is -2.55. The van der Waals surface area contributed by atoms with Gasteiger partial charge in [-0.2, -0.15) is 0 Å². The molecule has 0 unspecified atom stereocenters. The summed E-state index contributed by atoms with van der Waals surface area (Å²) in [4.78, 5) is 41.3. The molecular formula is C36H58N4O6. The molecule has 2 N–H and O–H groups in total. The maximum atomic E-state index is 13.7. The number of aromatic nitrogens is 1. The van der Waals surface area contributed by atoms with E-state index in [0.717, 1.165) is 36.9 Å². The molecule has 10 heteroatoms. The molecule has 0 radical (unpaired) electrons. The van der Waals surface area contributed by atoms with Gasteiger partial charge in [0.25, 0.3) is 5.91 Å². The van der Waals surface area contributed by atoms with Crippen LogP contribution in [0.3, 0.4) is 0 Å². The summed E-state index contributed by atoms with van der Waals surface area (Å²) in [5.41, 5.74) is 1.04. The minimum atomic E-state index is -0.809. The van der Waals surface area contributed by atoms with Crippen LogP contribution < -0.4 is 10.6 Å². The van der Waals surface area contributed by atoms with Gasteiger partial charge in [-0.15, -0.1) is 0 Å². The van der Waals surface area contributed by atoms with Crippen LogP contribution in [0.25, 0.3) is 10.9 Å². The highest BCUT2D eigenvalue weighted by Gasteiger charge is 2.36. The maximum absolute atomic E-state index is 13.7. The third-order valence-electron chi connectivity index (χ3n) is 8.53. The largest absolute Gasteiger partial charge is 0.379 e. The van der Waals surface area contributed by atoms with E-state index in [1.54, 1.807) is 7.05 Å². The highest BCUT2D eigenvalue weighted by molar-refractivity contribution is 6.08. The third-order valence-corrected chi connectivity index (χ3v) is 8.53. The van der Waals surface area contributed by atoms with Gasteiger partial charge in [-0.25, -0.2) is 0 Å². The number of benzene rings is 1. The van der Waals surface area contributed by atoms with Crippen LogP contribution in [0.2, 0.25) is 0 Å². The second kappa shape index (κ2) is 19.7. The normalized spacial score (nSPS) is 14.7. The number of carbonyl (C=O) groups is 3. The first-order valence-corrected chi connectivity index (χ1v) is 17.3. The Balaban J connectivity index is 1.45. The summed E-state index contributed by atoms with van der Waals surface area (Å²) < 4.78 is 18.7. The standard InChI is InChI=1S/C36H58N4O6/c1-6-7-19-44-21-23-46-24-22-45-20-13-18-37-32(41)27-39(5)35(43)33(36(2,3)4)38-34(42)30-26-40(25-28-14-9-8-10-15-28)31-17-12-11-16-29(30)31/h11-12,16-17,26,28,33H,6-10,13-15,18-25,27H2,1-5H3,(H,37,41)(H,38,42)/t33-/m1/s1. The first-order chi connectivity index (χ1) is 22.1. The van der Waals surface area contributed by atoms with Crippen LogP contribution >= 0.6 is 0 Å². The lowest BCUT2D eigenvalue weighted by atomic mass is 9.85. The molecule has 1 atom stereocenters. The van der Waals surface area contributed by atoms with Crippen molar-refractivity contribution in [2.24, 2.45) is 11.3 Å². The van der Waals surface area contributed by atoms with Crippen LogP contribution in [0.4, 0.5) is 0 Å². The molecule has 10 nitrogen and oxygen atoms in total. The molecule has 1 saturated carbocycles. The van der Waals surface area contributed by atoms with Gasteiger partial charge in [0, 0.05) is 50.5 Å². The SMILES string of the molecule is CCCCOCCOCCOCCCNC(=O)CN(C)C(=O)[C@@H](NC(=O)c1cn(CC2CCCCC2)c2ccccc12)C(C)(C)C. The van der Waals surface area contributed by atoms with Crippen molar-refractivity contribution in [2.75, 3.05) is 59.8 Å². The third kappa shape index (κ3) is 12.3. The highest BCUT2D eigenvalue weighted by Crippen LogP contribution is 2.29. The number of unbranched alkanes of at least 4 members (excludes halogenated alkanes) is 1. The van der Waals surface area contributed by atoms with E-state index >= 15 is 0 Å². The molecular weight excluding hydrogens is 584 g/mol. The quantitative estimate of drug-likeness (QED) is 0.193. The Kier molecular flexibility index (Phi) is 16.0. The zero-order valence-corrected chi connectivity index (χ0v) is 28.9. The fourth-order valence-electron chi connectivity index (χ4n) is 5.84. The number of likely N-dealkylation sites (N-methyl/N-ethyl adjacent to an activating group) is 1. The second-order valence-corrected chi connectivity index (χ2v) is 13.6. The van der Waals surface area contributed by atoms with Gasteiger partial charge in [0.15, 0.2) is 0 Å². The second-order valence-electron chi connectivity index (χ2n) is 13.6. The molecule has 0 bridgehead atoms. The molecule has 2 aromatic rings.